The minimum atomic E-state index is -0.0949. The van der Waals surface area contributed by atoms with Crippen LogP contribution in [0.1, 0.15) is 24.6 Å². The van der Waals surface area contributed by atoms with Crippen LogP contribution >= 0.6 is 0 Å². The maximum absolute atomic E-state index is 5.93. The topological polar surface area (TPSA) is 48.4 Å². The van der Waals surface area contributed by atoms with Crippen molar-refractivity contribution in [3.05, 3.63) is 24.2 Å². The number of ether oxygens (including phenoxy) is 1. The fraction of sp³-hybridized carbons (Fsp3) is 0.556. The Morgan fingerprint density at radius 1 is 1.58 bits per heavy atom. The molecule has 1 aromatic heterocycles. The average Bonchev–Trinajstić information content (AvgIpc) is 2.77. The van der Waals surface area contributed by atoms with Gasteiger partial charge in [-0.25, -0.2) is 0 Å². The van der Waals surface area contributed by atoms with Crippen molar-refractivity contribution in [2.24, 2.45) is 5.73 Å². The van der Waals surface area contributed by atoms with Gasteiger partial charge in [0.25, 0.3) is 0 Å². The normalized spacial score (nSPS) is 25.9. The van der Waals surface area contributed by atoms with Crippen LogP contribution in [0.4, 0.5) is 0 Å². The maximum Gasteiger partial charge on any atom is 0.123 e. The van der Waals surface area contributed by atoms with E-state index in [0.29, 0.717) is 0 Å². The third-order valence-electron chi connectivity index (χ3n) is 2.24. The summed E-state index contributed by atoms with van der Waals surface area (Å²) >= 11 is 0. The summed E-state index contributed by atoms with van der Waals surface area (Å²) in [5.41, 5.74) is 5.93. The highest BCUT2D eigenvalue weighted by molar-refractivity contribution is 5.06. The predicted molar refractivity (Wildman–Crippen MR) is 44.6 cm³/mol. The lowest BCUT2D eigenvalue weighted by Gasteiger charge is -2.15. The number of furan rings is 1. The van der Waals surface area contributed by atoms with Gasteiger partial charge in [-0.15, -0.1) is 0 Å². The molecule has 2 unspecified atom stereocenters. The molecule has 1 saturated heterocycles. The molecule has 0 spiro atoms. The summed E-state index contributed by atoms with van der Waals surface area (Å²) in [6.45, 7) is 0.832. The van der Waals surface area contributed by atoms with Gasteiger partial charge in [0, 0.05) is 6.61 Å². The second-order valence-electron chi connectivity index (χ2n) is 3.09. The smallest absolute Gasteiger partial charge is 0.123 e. The molecular formula is C9H13NO2. The van der Waals surface area contributed by atoms with E-state index >= 15 is 0 Å². The summed E-state index contributed by atoms with van der Waals surface area (Å²) in [5.74, 6) is 0.821. The van der Waals surface area contributed by atoms with Gasteiger partial charge in [-0.1, -0.05) is 0 Å². The Labute approximate surface area is 71.5 Å². The van der Waals surface area contributed by atoms with Crippen molar-refractivity contribution >= 4 is 0 Å². The minimum Gasteiger partial charge on any atom is -0.468 e. The quantitative estimate of drug-likeness (QED) is 0.725. The molecule has 3 heteroatoms. The number of hydrogen-bond donors (Lipinski definition) is 1. The van der Waals surface area contributed by atoms with Gasteiger partial charge in [-0.05, 0) is 25.0 Å². The SMILES string of the molecule is NC(c1ccco1)C1CCCO1. The molecule has 1 aromatic rings. The molecule has 0 aliphatic carbocycles. The molecule has 0 radical (unpaired) electrons. The van der Waals surface area contributed by atoms with Crippen LogP contribution in [0, 0.1) is 0 Å². The molecule has 1 aliphatic heterocycles. The summed E-state index contributed by atoms with van der Waals surface area (Å²) in [7, 11) is 0. The Kier molecular flexibility index (Phi) is 2.15. The summed E-state index contributed by atoms with van der Waals surface area (Å²) in [4.78, 5) is 0. The van der Waals surface area contributed by atoms with Gasteiger partial charge in [-0.3, -0.25) is 0 Å². The first-order valence-electron chi connectivity index (χ1n) is 4.28. The van der Waals surface area contributed by atoms with Crippen molar-refractivity contribution in [2.75, 3.05) is 6.61 Å². The fourth-order valence-corrected chi connectivity index (χ4v) is 1.55. The average molecular weight is 167 g/mol. The second-order valence-corrected chi connectivity index (χ2v) is 3.09. The number of nitrogens with two attached hydrogens (primary N) is 1. The highest BCUT2D eigenvalue weighted by Crippen LogP contribution is 2.24. The lowest BCUT2D eigenvalue weighted by molar-refractivity contribution is 0.0838. The van der Waals surface area contributed by atoms with Crippen LogP contribution in [0.2, 0.25) is 0 Å². The van der Waals surface area contributed by atoms with Crippen molar-refractivity contribution in [1.29, 1.82) is 0 Å². The first-order chi connectivity index (χ1) is 5.88. The van der Waals surface area contributed by atoms with Gasteiger partial charge in [0.2, 0.25) is 0 Å². The molecule has 1 aliphatic rings. The molecule has 0 aromatic carbocycles. The Balaban J connectivity index is 2.04. The van der Waals surface area contributed by atoms with Crippen LogP contribution in [0.5, 0.6) is 0 Å². The van der Waals surface area contributed by atoms with Gasteiger partial charge in [0.15, 0.2) is 0 Å². The monoisotopic (exact) mass is 167 g/mol. The molecule has 1 fully saturated rings. The Bertz CT molecular complexity index is 227. The lowest BCUT2D eigenvalue weighted by atomic mass is 10.1. The zero-order chi connectivity index (χ0) is 8.39. The predicted octanol–water partition coefficient (Wildman–Crippen LogP) is 1.46. The largest absolute Gasteiger partial charge is 0.468 e. The first kappa shape index (κ1) is 7.83. The molecule has 2 N–H and O–H groups in total. The first-order valence-corrected chi connectivity index (χ1v) is 4.28. The molecule has 12 heavy (non-hydrogen) atoms. The van der Waals surface area contributed by atoms with E-state index in [0.717, 1.165) is 25.2 Å². The van der Waals surface area contributed by atoms with Crippen LogP contribution in [0.25, 0.3) is 0 Å². The van der Waals surface area contributed by atoms with Crippen LogP contribution < -0.4 is 5.73 Å². The minimum absolute atomic E-state index is 0.0949. The van der Waals surface area contributed by atoms with E-state index in [1.54, 1.807) is 6.26 Å². The summed E-state index contributed by atoms with van der Waals surface area (Å²) in [6, 6.07) is 3.65. The van der Waals surface area contributed by atoms with Gasteiger partial charge in [0.05, 0.1) is 18.4 Å². The molecule has 0 saturated carbocycles. The highest BCUT2D eigenvalue weighted by atomic mass is 16.5. The molecule has 66 valence electrons. The van der Waals surface area contributed by atoms with E-state index in [-0.39, 0.29) is 12.1 Å². The summed E-state index contributed by atoms with van der Waals surface area (Å²) in [5, 5.41) is 0. The molecule has 3 nitrogen and oxygen atoms in total. The van der Waals surface area contributed by atoms with Crippen LogP contribution in [-0.4, -0.2) is 12.7 Å². The van der Waals surface area contributed by atoms with Crippen molar-refractivity contribution in [1.82, 2.24) is 0 Å². The lowest BCUT2D eigenvalue weighted by Crippen LogP contribution is -2.24. The van der Waals surface area contributed by atoms with Crippen LogP contribution in [0.15, 0.2) is 22.8 Å². The van der Waals surface area contributed by atoms with Gasteiger partial charge in [-0.2, -0.15) is 0 Å². The van der Waals surface area contributed by atoms with E-state index in [1.807, 2.05) is 12.1 Å². The molecule has 0 bridgehead atoms. The van der Waals surface area contributed by atoms with Crippen LogP contribution in [0.3, 0.4) is 0 Å². The van der Waals surface area contributed by atoms with E-state index in [2.05, 4.69) is 0 Å². The van der Waals surface area contributed by atoms with Crippen molar-refractivity contribution in [2.45, 2.75) is 25.0 Å². The standard InChI is InChI=1S/C9H13NO2/c10-9(7-3-1-5-11-7)8-4-2-6-12-8/h1,3,5,8-9H,2,4,6,10H2. The highest BCUT2D eigenvalue weighted by Gasteiger charge is 2.25. The van der Waals surface area contributed by atoms with Gasteiger partial charge in [0.1, 0.15) is 5.76 Å². The molecular weight excluding hydrogens is 154 g/mol. The van der Waals surface area contributed by atoms with E-state index in [9.17, 15) is 0 Å². The summed E-state index contributed by atoms with van der Waals surface area (Å²) in [6.07, 6.45) is 3.95. The third-order valence-corrected chi connectivity index (χ3v) is 2.24. The zero-order valence-electron chi connectivity index (χ0n) is 6.90. The van der Waals surface area contributed by atoms with E-state index in [1.165, 1.54) is 0 Å². The van der Waals surface area contributed by atoms with E-state index < -0.39 is 0 Å². The molecule has 0 amide bonds. The van der Waals surface area contributed by atoms with Crippen molar-refractivity contribution < 1.29 is 9.15 Å². The Morgan fingerprint density at radius 2 is 2.50 bits per heavy atom. The Morgan fingerprint density at radius 3 is 3.08 bits per heavy atom. The van der Waals surface area contributed by atoms with Gasteiger partial charge < -0.3 is 14.9 Å². The van der Waals surface area contributed by atoms with Gasteiger partial charge >= 0.3 is 0 Å². The third kappa shape index (κ3) is 1.38. The summed E-state index contributed by atoms with van der Waals surface area (Å²) < 4.78 is 10.7. The Hall–Kier alpha value is -0.800. The second kappa shape index (κ2) is 3.29. The van der Waals surface area contributed by atoms with Crippen LogP contribution in [-0.2, 0) is 4.74 Å². The molecule has 2 atom stereocenters. The van der Waals surface area contributed by atoms with E-state index in [4.69, 9.17) is 14.9 Å². The van der Waals surface area contributed by atoms with Crippen molar-refractivity contribution in [3.63, 3.8) is 0 Å². The fourth-order valence-electron chi connectivity index (χ4n) is 1.55. The molecule has 2 heterocycles. The number of rotatable bonds is 2. The maximum atomic E-state index is 5.93. The molecule has 2 rings (SSSR count). The zero-order valence-corrected chi connectivity index (χ0v) is 6.90. The van der Waals surface area contributed by atoms with Crippen molar-refractivity contribution in [3.8, 4) is 0 Å². The number of hydrogen-bond acceptors (Lipinski definition) is 3.